The molecule has 5 heteroatoms. The largest absolute Gasteiger partial charge is 0.296 e. The first kappa shape index (κ1) is 11.8. The average molecular weight is 250 g/mol. The Bertz CT molecular complexity index is 548. The van der Waals surface area contributed by atoms with E-state index >= 15 is 0 Å². The van der Waals surface area contributed by atoms with Gasteiger partial charge in [-0.15, -0.1) is 5.10 Å². The van der Waals surface area contributed by atoms with Crippen LogP contribution < -0.4 is 0 Å². The van der Waals surface area contributed by atoms with Crippen LogP contribution in [0.5, 0.6) is 0 Å². The third kappa shape index (κ3) is 2.22. The molecular formula is C12H12ClN3O. The third-order valence-electron chi connectivity index (χ3n) is 2.44. The minimum Gasteiger partial charge on any atom is -0.296 e. The first-order valence-corrected chi connectivity index (χ1v) is 5.68. The van der Waals surface area contributed by atoms with Gasteiger partial charge >= 0.3 is 0 Å². The Morgan fingerprint density at radius 1 is 1.41 bits per heavy atom. The summed E-state index contributed by atoms with van der Waals surface area (Å²) in [6, 6.07) is 7.29. The molecular weight excluding hydrogens is 238 g/mol. The van der Waals surface area contributed by atoms with E-state index < -0.39 is 0 Å². The van der Waals surface area contributed by atoms with Gasteiger partial charge in [-0.25, -0.2) is 4.68 Å². The number of nitrogens with zero attached hydrogens (tertiary/aromatic N) is 3. The number of rotatable bonds is 3. The van der Waals surface area contributed by atoms with Gasteiger partial charge in [-0.2, -0.15) is 0 Å². The lowest BCUT2D eigenvalue weighted by Gasteiger charge is -2.09. The lowest BCUT2D eigenvalue weighted by molar-refractivity contribution is 0.111. The normalized spacial score (nSPS) is 10.8. The van der Waals surface area contributed by atoms with Gasteiger partial charge in [0.25, 0.3) is 0 Å². The fourth-order valence-corrected chi connectivity index (χ4v) is 1.91. The lowest BCUT2D eigenvalue weighted by atomic mass is 10.1. The summed E-state index contributed by atoms with van der Waals surface area (Å²) in [5.74, 6) is 0.157. The third-order valence-corrected chi connectivity index (χ3v) is 2.68. The first-order chi connectivity index (χ1) is 8.13. The van der Waals surface area contributed by atoms with Crippen LogP contribution in [-0.2, 0) is 0 Å². The van der Waals surface area contributed by atoms with Crippen molar-refractivity contribution in [2.45, 2.75) is 19.8 Å². The van der Waals surface area contributed by atoms with Gasteiger partial charge in [0.05, 0.1) is 11.4 Å². The van der Waals surface area contributed by atoms with Gasteiger partial charge in [0.1, 0.15) is 5.69 Å². The van der Waals surface area contributed by atoms with Crippen LogP contribution in [0.2, 0.25) is 5.02 Å². The monoisotopic (exact) mass is 249 g/mol. The summed E-state index contributed by atoms with van der Waals surface area (Å²) in [6.07, 6.45) is 0.726. The Morgan fingerprint density at radius 2 is 2.18 bits per heavy atom. The number of carbonyl (C=O) groups is 1. The zero-order chi connectivity index (χ0) is 12.4. The number of aldehydes is 1. The topological polar surface area (TPSA) is 47.8 Å². The first-order valence-electron chi connectivity index (χ1n) is 5.30. The summed E-state index contributed by atoms with van der Waals surface area (Å²) in [7, 11) is 0. The van der Waals surface area contributed by atoms with Crippen LogP contribution in [0.25, 0.3) is 5.69 Å². The standard InChI is InChI=1S/C12H12ClN3O/c1-8(2)12-11(7-17)14-15-16(12)10-5-3-4-9(13)6-10/h3-8H,1-2H3. The van der Waals surface area contributed by atoms with Gasteiger partial charge in [0, 0.05) is 5.02 Å². The van der Waals surface area contributed by atoms with E-state index in [1.54, 1.807) is 16.8 Å². The fraction of sp³-hybridized carbons (Fsp3) is 0.250. The number of carbonyl (C=O) groups excluding carboxylic acids is 1. The molecule has 17 heavy (non-hydrogen) atoms. The molecule has 0 aliphatic carbocycles. The average Bonchev–Trinajstić information content (AvgIpc) is 2.72. The number of hydrogen-bond donors (Lipinski definition) is 0. The molecule has 0 atom stereocenters. The number of halogens is 1. The van der Waals surface area contributed by atoms with Gasteiger partial charge < -0.3 is 0 Å². The molecule has 2 rings (SSSR count). The van der Waals surface area contributed by atoms with Crippen molar-refractivity contribution in [1.29, 1.82) is 0 Å². The molecule has 0 bridgehead atoms. The number of benzene rings is 1. The Labute approximate surface area is 104 Å². The highest BCUT2D eigenvalue weighted by Gasteiger charge is 2.16. The van der Waals surface area contributed by atoms with E-state index in [0.29, 0.717) is 10.7 Å². The molecule has 88 valence electrons. The molecule has 0 radical (unpaired) electrons. The van der Waals surface area contributed by atoms with Crippen molar-refractivity contribution < 1.29 is 4.79 Å². The highest BCUT2D eigenvalue weighted by molar-refractivity contribution is 6.30. The second-order valence-electron chi connectivity index (χ2n) is 4.02. The van der Waals surface area contributed by atoms with Crippen molar-refractivity contribution in [3.63, 3.8) is 0 Å². The molecule has 0 N–H and O–H groups in total. The number of aromatic nitrogens is 3. The van der Waals surface area contributed by atoms with E-state index in [1.807, 2.05) is 26.0 Å². The Hall–Kier alpha value is -1.68. The second-order valence-corrected chi connectivity index (χ2v) is 4.46. The fourth-order valence-electron chi connectivity index (χ4n) is 1.72. The molecule has 1 heterocycles. The van der Waals surface area contributed by atoms with Crippen molar-refractivity contribution in [2.24, 2.45) is 0 Å². The van der Waals surface area contributed by atoms with Gasteiger partial charge in [-0.3, -0.25) is 4.79 Å². The molecule has 0 saturated carbocycles. The van der Waals surface area contributed by atoms with E-state index in [9.17, 15) is 4.79 Å². The summed E-state index contributed by atoms with van der Waals surface area (Å²) in [5.41, 5.74) is 1.98. The molecule has 0 fully saturated rings. The van der Waals surface area contributed by atoms with Crippen molar-refractivity contribution in [2.75, 3.05) is 0 Å². The summed E-state index contributed by atoms with van der Waals surface area (Å²) >= 11 is 5.94. The number of hydrogen-bond acceptors (Lipinski definition) is 3. The van der Waals surface area contributed by atoms with Crippen molar-refractivity contribution >= 4 is 17.9 Å². The minimum atomic E-state index is 0.157. The maximum Gasteiger partial charge on any atom is 0.172 e. The molecule has 4 nitrogen and oxygen atoms in total. The van der Waals surface area contributed by atoms with Crippen molar-refractivity contribution in [1.82, 2.24) is 15.0 Å². The molecule has 0 amide bonds. The van der Waals surface area contributed by atoms with Crippen LogP contribution in [0.3, 0.4) is 0 Å². The smallest absolute Gasteiger partial charge is 0.172 e. The van der Waals surface area contributed by atoms with Gasteiger partial charge in [-0.05, 0) is 24.1 Å². The van der Waals surface area contributed by atoms with Crippen LogP contribution in [0.4, 0.5) is 0 Å². The highest BCUT2D eigenvalue weighted by atomic mass is 35.5. The van der Waals surface area contributed by atoms with E-state index in [2.05, 4.69) is 10.3 Å². The summed E-state index contributed by atoms with van der Waals surface area (Å²) in [5, 5.41) is 8.49. The summed E-state index contributed by atoms with van der Waals surface area (Å²) < 4.78 is 1.65. The quantitative estimate of drug-likeness (QED) is 0.786. The highest BCUT2D eigenvalue weighted by Crippen LogP contribution is 2.22. The van der Waals surface area contributed by atoms with Crippen LogP contribution in [-0.4, -0.2) is 21.3 Å². The maximum atomic E-state index is 10.9. The van der Waals surface area contributed by atoms with Crippen LogP contribution in [0, 0.1) is 0 Å². The van der Waals surface area contributed by atoms with Crippen LogP contribution in [0.15, 0.2) is 24.3 Å². The molecule has 0 spiro atoms. The molecule has 1 aromatic heterocycles. The van der Waals surface area contributed by atoms with E-state index in [0.717, 1.165) is 17.7 Å². The zero-order valence-corrected chi connectivity index (χ0v) is 10.3. The predicted molar refractivity (Wildman–Crippen MR) is 65.8 cm³/mol. The molecule has 2 aromatic rings. The molecule has 0 aliphatic heterocycles. The zero-order valence-electron chi connectivity index (χ0n) is 9.59. The molecule has 0 aliphatic rings. The van der Waals surface area contributed by atoms with Gasteiger partial charge in [0.15, 0.2) is 6.29 Å². The van der Waals surface area contributed by atoms with E-state index in [-0.39, 0.29) is 5.92 Å². The lowest BCUT2D eigenvalue weighted by Crippen LogP contribution is -2.05. The van der Waals surface area contributed by atoms with E-state index in [1.165, 1.54) is 0 Å². The Morgan fingerprint density at radius 3 is 2.76 bits per heavy atom. The van der Waals surface area contributed by atoms with Gasteiger partial charge in [0.2, 0.25) is 0 Å². The van der Waals surface area contributed by atoms with E-state index in [4.69, 9.17) is 11.6 Å². The Balaban J connectivity index is 2.59. The van der Waals surface area contributed by atoms with Gasteiger partial charge in [-0.1, -0.05) is 36.7 Å². The van der Waals surface area contributed by atoms with Crippen molar-refractivity contribution in [3.05, 3.63) is 40.7 Å². The Kier molecular flexibility index (Phi) is 3.24. The SMILES string of the molecule is CC(C)c1c(C=O)nnn1-c1cccc(Cl)c1. The predicted octanol–water partition coefficient (Wildman–Crippen LogP) is 2.86. The molecule has 0 saturated heterocycles. The molecule has 0 unspecified atom stereocenters. The second kappa shape index (κ2) is 4.67. The maximum absolute atomic E-state index is 10.9. The summed E-state index contributed by atoms with van der Waals surface area (Å²) in [4.78, 5) is 10.9. The minimum absolute atomic E-state index is 0.157. The van der Waals surface area contributed by atoms with Crippen molar-refractivity contribution in [3.8, 4) is 5.69 Å². The molecule has 1 aromatic carbocycles. The van der Waals surface area contributed by atoms with Crippen LogP contribution >= 0.6 is 11.6 Å². The van der Waals surface area contributed by atoms with Crippen LogP contribution in [0.1, 0.15) is 35.9 Å². The summed E-state index contributed by atoms with van der Waals surface area (Å²) in [6.45, 7) is 3.99.